The minimum atomic E-state index is -0.245. The number of carbonyl (C=O) groups is 2. The lowest BCUT2D eigenvalue weighted by Gasteiger charge is -2.06. The number of carbonyl (C=O) groups excluding carboxylic acids is 2. The highest BCUT2D eigenvalue weighted by Gasteiger charge is 2.11. The van der Waals surface area contributed by atoms with Gasteiger partial charge < -0.3 is 15.2 Å². The van der Waals surface area contributed by atoms with Crippen LogP contribution >= 0.6 is 11.3 Å². The fourth-order valence-corrected chi connectivity index (χ4v) is 4.42. The van der Waals surface area contributed by atoms with Crippen LogP contribution in [0.5, 0.6) is 5.75 Å². The number of thiophene rings is 1. The number of amides is 1. The third-order valence-corrected chi connectivity index (χ3v) is 6.32. The van der Waals surface area contributed by atoms with E-state index in [4.69, 9.17) is 4.74 Å². The van der Waals surface area contributed by atoms with Crippen molar-refractivity contribution in [3.63, 3.8) is 0 Å². The molecule has 5 nitrogen and oxygen atoms in total. The molecule has 0 aliphatic heterocycles. The van der Waals surface area contributed by atoms with Gasteiger partial charge in [-0.2, -0.15) is 0 Å². The van der Waals surface area contributed by atoms with Gasteiger partial charge in [0.15, 0.2) is 0 Å². The monoisotopic (exact) mass is 471 g/mol. The summed E-state index contributed by atoms with van der Waals surface area (Å²) in [4.78, 5) is 24.9. The second-order valence-corrected chi connectivity index (χ2v) is 8.69. The predicted molar refractivity (Wildman–Crippen MR) is 135 cm³/mol. The van der Waals surface area contributed by atoms with Crippen molar-refractivity contribution >= 4 is 23.2 Å². The highest BCUT2D eigenvalue weighted by molar-refractivity contribution is 7.12. The predicted octanol–water partition coefficient (Wildman–Crippen LogP) is 5.82. The summed E-state index contributed by atoms with van der Waals surface area (Å²) < 4.78 is 4.96. The van der Waals surface area contributed by atoms with E-state index in [-0.39, 0.29) is 24.0 Å². The first kappa shape index (κ1) is 23.3. The van der Waals surface area contributed by atoms with E-state index >= 15 is 0 Å². The normalized spacial score (nSPS) is 10.6. The van der Waals surface area contributed by atoms with Crippen molar-refractivity contribution in [2.45, 2.75) is 19.9 Å². The van der Waals surface area contributed by atoms with E-state index in [0.29, 0.717) is 18.0 Å². The average molecular weight is 472 g/mol. The first-order valence-corrected chi connectivity index (χ1v) is 11.9. The maximum atomic E-state index is 12.6. The molecule has 0 aliphatic carbocycles. The van der Waals surface area contributed by atoms with Crippen LogP contribution < -0.4 is 5.32 Å². The van der Waals surface area contributed by atoms with Gasteiger partial charge in [0, 0.05) is 12.1 Å². The first-order chi connectivity index (χ1) is 16.5. The zero-order valence-electron chi connectivity index (χ0n) is 18.8. The molecule has 0 spiro atoms. The molecule has 1 heterocycles. The first-order valence-electron chi connectivity index (χ1n) is 11.0. The smallest absolute Gasteiger partial charge is 0.310 e. The van der Waals surface area contributed by atoms with E-state index in [1.165, 1.54) is 11.3 Å². The van der Waals surface area contributed by atoms with Gasteiger partial charge in [0.25, 0.3) is 5.91 Å². The van der Waals surface area contributed by atoms with Crippen molar-refractivity contribution in [2.75, 3.05) is 6.61 Å². The van der Waals surface area contributed by atoms with Crippen LogP contribution in [0.15, 0.2) is 84.2 Å². The molecule has 1 amide bonds. The molecule has 0 saturated carbocycles. The second-order valence-electron chi connectivity index (χ2n) is 7.78. The maximum Gasteiger partial charge on any atom is 0.310 e. The lowest BCUT2D eigenvalue weighted by Crippen LogP contribution is -2.21. The van der Waals surface area contributed by atoms with Gasteiger partial charge in [0.05, 0.1) is 17.9 Å². The molecular weight excluding hydrogens is 446 g/mol. The molecule has 34 heavy (non-hydrogen) atoms. The molecule has 6 heteroatoms. The van der Waals surface area contributed by atoms with Crippen LogP contribution in [0.3, 0.4) is 0 Å². The van der Waals surface area contributed by atoms with Crippen molar-refractivity contribution in [1.29, 1.82) is 0 Å². The summed E-state index contributed by atoms with van der Waals surface area (Å²) in [7, 11) is 0. The molecule has 0 saturated heterocycles. The van der Waals surface area contributed by atoms with Gasteiger partial charge in [0.2, 0.25) is 0 Å². The van der Waals surface area contributed by atoms with Crippen molar-refractivity contribution < 1.29 is 19.4 Å². The largest absolute Gasteiger partial charge is 0.507 e. The number of hydrogen-bond donors (Lipinski definition) is 2. The number of nitrogens with one attached hydrogen (secondary N) is 1. The molecule has 4 aromatic rings. The summed E-state index contributed by atoms with van der Waals surface area (Å²) in [5.74, 6) is -0.124. The summed E-state index contributed by atoms with van der Waals surface area (Å²) in [5.41, 5.74) is 5.54. The third-order valence-electron chi connectivity index (χ3n) is 5.39. The van der Waals surface area contributed by atoms with Gasteiger partial charge in [-0.1, -0.05) is 66.7 Å². The molecule has 0 aliphatic rings. The summed E-state index contributed by atoms with van der Waals surface area (Å²) in [5, 5.41) is 15.0. The molecule has 0 bridgehead atoms. The van der Waals surface area contributed by atoms with E-state index in [9.17, 15) is 14.7 Å². The summed E-state index contributed by atoms with van der Waals surface area (Å²) >= 11 is 1.40. The fraction of sp³-hybridized carbons (Fsp3) is 0.143. The lowest BCUT2D eigenvalue weighted by molar-refractivity contribution is -0.142. The van der Waals surface area contributed by atoms with E-state index in [0.717, 1.165) is 33.4 Å². The molecule has 0 radical (unpaired) electrons. The summed E-state index contributed by atoms with van der Waals surface area (Å²) in [6.07, 6.45) is 0.242. The number of hydrogen-bond acceptors (Lipinski definition) is 5. The van der Waals surface area contributed by atoms with Crippen molar-refractivity contribution in [2.24, 2.45) is 0 Å². The highest BCUT2D eigenvalue weighted by Crippen LogP contribution is 2.31. The SMILES string of the molecule is CCOC(=O)Cc1ccc(CNC(=O)c2cc(-c3ccc(-c4ccccc4O)cc3)cs2)cc1. The van der Waals surface area contributed by atoms with Crippen molar-refractivity contribution in [1.82, 2.24) is 5.32 Å². The van der Waals surface area contributed by atoms with Crippen LogP contribution in [-0.4, -0.2) is 23.6 Å². The molecular formula is C28H25NO4S. The van der Waals surface area contributed by atoms with Crippen molar-refractivity contribution in [3.05, 3.63) is 100 Å². The van der Waals surface area contributed by atoms with Crippen LogP contribution in [-0.2, 0) is 22.5 Å². The van der Waals surface area contributed by atoms with Gasteiger partial charge in [-0.15, -0.1) is 11.3 Å². The Morgan fingerprint density at radius 3 is 2.26 bits per heavy atom. The molecule has 0 atom stereocenters. The lowest BCUT2D eigenvalue weighted by atomic mass is 10.0. The number of esters is 1. The molecule has 4 rings (SSSR count). The minimum absolute atomic E-state index is 0.127. The molecule has 0 fully saturated rings. The molecule has 172 valence electrons. The van der Waals surface area contributed by atoms with Gasteiger partial charge in [-0.05, 0) is 52.3 Å². The van der Waals surface area contributed by atoms with E-state index in [1.54, 1.807) is 19.1 Å². The Morgan fingerprint density at radius 1 is 0.882 bits per heavy atom. The Hall–Kier alpha value is -3.90. The van der Waals surface area contributed by atoms with Gasteiger partial charge in [0.1, 0.15) is 5.75 Å². The minimum Gasteiger partial charge on any atom is -0.507 e. The van der Waals surface area contributed by atoms with Crippen molar-refractivity contribution in [3.8, 4) is 28.0 Å². The van der Waals surface area contributed by atoms with E-state index < -0.39 is 0 Å². The zero-order valence-corrected chi connectivity index (χ0v) is 19.6. The Labute approximate surface area is 202 Å². The van der Waals surface area contributed by atoms with Crippen LogP contribution in [0.2, 0.25) is 0 Å². The highest BCUT2D eigenvalue weighted by atomic mass is 32.1. The standard InChI is InChI=1S/C28H25NO4S/c1-2-33-27(31)15-19-7-9-20(10-8-19)17-29-28(32)26-16-23(18-34-26)21-11-13-22(14-12-21)24-5-3-4-6-25(24)30/h3-14,16,18,30H,2,15,17H2,1H3,(H,29,32). The Balaban J connectivity index is 1.35. The summed E-state index contributed by atoms with van der Waals surface area (Å²) in [6.45, 7) is 2.56. The summed E-state index contributed by atoms with van der Waals surface area (Å²) in [6, 6.07) is 24.6. The Kier molecular flexibility index (Phi) is 7.40. The number of phenols is 1. The number of phenolic OH excluding ortho intramolecular Hbond substituents is 1. The van der Waals surface area contributed by atoms with Crippen LogP contribution in [0.1, 0.15) is 27.7 Å². The van der Waals surface area contributed by atoms with Crippen LogP contribution in [0.4, 0.5) is 0 Å². The number of para-hydroxylation sites is 1. The number of benzene rings is 3. The molecule has 1 aromatic heterocycles. The topological polar surface area (TPSA) is 75.6 Å². The maximum absolute atomic E-state index is 12.6. The second kappa shape index (κ2) is 10.8. The molecule has 2 N–H and O–H groups in total. The van der Waals surface area contributed by atoms with Crippen LogP contribution in [0, 0.1) is 0 Å². The number of aromatic hydroxyl groups is 1. The fourth-order valence-electron chi connectivity index (χ4n) is 3.59. The Morgan fingerprint density at radius 2 is 1.56 bits per heavy atom. The number of rotatable bonds is 8. The van der Waals surface area contributed by atoms with E-state index in [2.05, 4.69) is 5.32 Å². The van der Waals surface area contributed by atoms with Crippen LogP contribution in [0.25, 0.3) is 22.3 Å². The molecule has 3 aromatic carbocycles. The zero-order chi connectivity index (χ0) is 23.9. The van der Waals surface area contributed by atoms with E-state index in [1.807, 2.05) is 72.1 Å². The Bertz CT molecular complexity index is 1280. The van der Waals surface area contributed by atoms with Gasteiger partial charge in [-0.25, -0.2) is 0 Å². The third kappa shape index (κ3) is 5.71. The number of ether oxygens (including phenoxy) is 1. The molecule has 0 unspecified atom stereocenters. The average Bonchev–Trinajstić information content (AvgIpc) is 3.35. The van der Waals surface area contributed by atoms with Gasteiger partial charge in [-0.3, -0.25) is 9.59 Å². The quantitative estimate of drug-likeness (QED) is 0.317. The van der Waals surface area contributed by atoms with Gasteiger partial charge >= 0.3 is 5.97 Å².